The number of alkyl halides is 2. The molecule has 2 nitrogen and oxygen atoms in total. The number of hydrogen-bond donors (Lipinski definition) is 1. The molecular formula is C6H9F2NO. The lowest BCUT2D eigenvalue weighted by atomic mass is 10.1. The molecule has 4 heteroatoms. The van der Waals surface area contributed by atoms with Crippen molar-refractivity contribution in [2.75, 3.05) is 6.54 Å². The van der Waals surface area contributed by atoms with Crippen LogP contribution in [0.2, 0.25) is 0 Å². The van der Waals surface area contributed by atoms with E-state index in [-0.39, 0.29) is 24.7 Å². The summed E-state index contributed by atoms with van der Waals surface area (Å²) in [6.07, 6.45) is -2.17. The third kappa shape index (κ3) is 1.93. The van der Waals surface area contributed by atoms with E-state index in [1.54, 1.807) is 0 Å². The molecule has 1 N–H and O–H groups in total. The van der Waals surface area contributed by atoms with Gasteiger partial charge in [0.05, 0.1) is 0 Å². The maximum absolute atomic E-state index is 11.7. The Morgan fingerprint density at radius 3 is 2.80 bits per heavy atom. The van der Waals surface area contributed by atoms with Crippen LogP contribution in [0.1, 0.15) is 12.8 Å². The molecule has 1 heterocycles. The molecule has 1 aliphatic rings. The monoisotopic (exact) mass is 149 g/mol. The second kappa shape index (κ2) is 2.94. The Balaban J connectivity index is 2.24. The Bertz CT molecular complexity index is 138. The molecule has 10 heavy (non-hydrogen) atoms. The average Bonchev–Trinajstić information content (AvgIpc) is 2.13. The van der Waals surface area contributed by atoms with Crippen LogP contribution in [-0.4, -0.2) is 18.9 Å². The van der Waals surface area contributed by atoms with E-state index >= 15 is 0 Å². The fourth-order valence-electron chi connectivity index (χ4n) is 1.08. The minimum atomic E-state index is -2.28. The van der Waals surface area contributed by atoms with E-state index in [0.717, 1.165) is 0 Å². The molecule has 1 unspecified atom stereocenters. The SMILES string of the molecule is O=C1CC(CC(F)F)CN1. The van der Waals surface area contributed by atoms with E-state index < -0.39 is 6.43 Å². The van der Waals surface area contributed by atoms with Gasteiger partial charge in [0.25, 0.3) is 0 Å². The van der Waals surface area contributed by atoms with E-state index in [1.165, 1.54) is 0 Å². The predicted octanol–water partition coefficient (Wildman–Crippen LogP) is 0.778. The Hall–Kier alpha value is -0.670. The number of nitrogens with one attached hydrogen (secondary N) is 1. The molecule has 1 saturated heterocycles. The van der Waals surface area contributed by atoms with Gasteiger partial charge in [0.2, 0.25) is 12.3 Å². The van der Waals surface area contributed by atoms with Crippen LogP contribution in [0.3, 0.4) is 0 Å². The number of carbonyl (C=O) groups is 1. The van der Waals surface area contributed by atoms with Crippen LogP contribution >= 0.6 is 0 Å². The molecule has 1 aliphatic heterocycles. The van der Waals surface area contributed by atoms with Crippen LogP contribution < -0.4 is 5.32 Å². The van der Waals surface area contributed by atoms with Gasteiger partial charge in [-0.15, -0.1) is 0 Å². The molecule has 1 amide bonds. The molecule has 0 saturated carbocycles. The number of hydrogen-bond acceptors (Lipinski definition) is 1. The standard InChI is InChI=1S/C6H9F2NO/c7-5(8)1-4-2-6(10)9-3-4/h4-5H,1-3H2,(H,9,10). The molecule has 1 atom stereocenters. The highest BCUT2D eigenvalue weighted by atomic mass is 19.3. The maximum atomic E-state index is 11.7. The normalized spacial score (nSPS) is 25.5. The van der Waals surface area contributed by atoms with Crippen LogP contribution in [0, 0.1) is 5.92 Å². The summed E-state index contributed by atoms with van der Waals surface area (Å²) in [7, 11) is 0. The van der Waals surface area contributed by atoms with Gasteiger partial charge < -0.3 is 5.32 Å². The maximum Gasteiger partial charge on any atom is 0.239 e. The second-order valence-corrected chi connectivity index (χ2v) is 2.50. The van der Waals surface area contributed by atoms with Gasteiger partial charge in [-0.3, -0.25) is 4.79 Å². The summed E-state index contributed by atoms with van der Waals surface area (Å²) in [6, 6.07) is 0. The molecule has 1 rings (SSSR count). The quantitative estimate of drug-likeness (QED) is 0.617. The van der Waals surface area contributed by atoms with Crippen LogP contribution in [0.4, 0.5) is 8.78 Å². The minimum absolute atomic E-state index is 0.106. The Morgan fingerprint density at radius 1 is 1.70 bits per heavy atom. The molecule has 0 aromatic heterocycles. The van der Waals surface area contributed by atoms with Crippen molar-refractivity contribution in [3.8, 4) is 0 Å². The van der Waals surface area contributed by atoms with Crippen molar-refractivity contribution in [1.29, 1.82) is 0 Å². The van der Waals surface area contributed by atoms with Gasteiger partial charge in [-0.1, -0.05) is 0 Å². The smallest absolute Gasteiger partial charge is 0.239 e. The summed E-state index contributed by atoms with van der Waals surface area (Å²) >= 11 is 0. The zero-order valence-corrected chi connectivity index (χ0v) is 5.44. The first kappa shape index (κ1) is 7.44. The minimum Gasteiger partial charge on any atom is -0.356 e. The van der Waals surface area contributed by atoms with Gasteiger partial charge in [0.15, 0.2) is 0 Å². The number of rotatable bonds is 2. The molecule has 0 aromatic rings. The zero-order valence-electron chi connectivity index (χ0n) is 5.44. The first-order chi connectivity index (χ1) is 4.68. The summed E-state index contributed by atoms with van der Waals surface area (Å²) < 4.78 is 23.3. The zero-order chi connectivity index (χ0) is 7.56. The van der Waals surface area contributed by atoms with Crippen LogP contribution in [0.25, 0.3) is 0 Å². The largest absolute Gasteiger partial charge is 0.356 e. The first-order valence-corrected chi connectivity index (χ1v) is 3.23. The van der Waals surface area contributed by atoms with Crippen LogP contribution in [0.15, 0.2) is 0 Å². The van der Waals surface area contributed by atoms with Crippen molar-refractivity contribution in [2.24, 2.45) is 5.92 Å². The average molecular weight is 149 g/mol. The van der Waals surface area contributed by atoms with Crippen LogP contribution in [0.5, 0.6) is 0 Å². The summed E-state index contributed by atoms with van der Waals surface area (Å²) in [5.41, 5.74) is 0. The van der Waals surface area contributed by atoms with Crippen molar-refractivity contribution in [3.63, 3.8) is 0 Å². The molecule has 0 bridgehead atoms. The number of amides is 1. The lowest BCUT2D eigenvalue weighted by Gasteiger charge is -2.03. The van der Waals surface area contributed by atoms with Crippen molar-refractivity contribution < 1.29 is 13.6 Å². The third-order valence-electron chi connectivity index (χ3n) is 1.57. The van der Waals surface area contributed by atoms with E-state index in [1.807, 2.05) is 0 Å². The Kier molecular flexibility index (Phi) is 2.19. The number of carbonyl (C=O) groups excluding carboxylic acids is 1. The van der Waals surface area contributed by atoms with Crippen molar-refractivity contribution in [2.45, 2.75) is 19.3 Å². The summed E-state index contributed by atoms with van der Waals surface area (Å²) in [5, 5.41) is 2.50. The molecule has 58 valence electrons. The molecule has 0 aliphatic carbocycles. The van der Waals surface area contributed by atoms with Crippen LogP contribution in [-0.2, 0) is 4.79 Å². The fraction of sp³-hybridized carbons (Fsp3) is 0.833. The number of halogens is 2. The van der Waals surface area contributed by atoms with Crippen molar-refractivity contribution in [1.82, 2.24) is 5.32 Å². The van der Waals surface area contributed by atoms with Crippen molar-refractivity contribution >= 4 is 5.91 Å². The summed E-state index contributed by atoms with van der Waals surface area (Å²) in [6.45, 7) is 0.420. The lowest BCUT2D eigenvalue weighted by Crippen LogP contribution is -2.14. The summed E-state index contributed by atoms with van der Waals surface area (Å²) in [4.78, 5) is 10.5. The highest BCUT2D eigenvalue weighted by Gasteiger charge is 2.23. The van der Waals surface area contributed by atoms with Gasteiger partial charge >= 0.3 is 0 Å². The fourth-order valence-corrected chi connectivity index (χ4v) is 1.08. The van der Waals surface area contributed by atoms with Gasteiger partial charge in [0.1, 0.15) is 0 Å². The predicted molar refractivity (Wildman–Crippen MR) is 31.7 cm³/mol. The molecule has 1 fully saturated rings. The Morgan fingerprint density at radius 2 is 2.40 bits per heavy atom. The Labute approximate surface area is 57.6 Å². The van der Waals surface area contributed by atoms with Gasteiger partial charge in [-0.2, -0.15) is 0 Å². The highest BCUT2D eigenvalue weighted by Crippen LogP contribution is 2.17. The highest BCUT2D eigenvalue weighted by molar-refractivity contribution is 5.78. The van der Waals surface area contributed by atoms with E-state index in [2.05, 4.69) is 5.32 Å². The van der Waals surface area contributed by atoms with Crippen molar-refractivity contribution in [3.05, 3.63) is 0 Å². The molecule has 0 spiro atoms. The van der Waals surface area contributed by atoms with E-state index in [4.69, 9.17) is 0 Å². The molecule has 0 aromatic carbocycles. The first-order valence-electron chi connectivity index (χ1n) is 3.23. The summed E-state index contributed by atoms with van der Waals surface area (Å²) in [5.74, 6) is -0.252. The van der Waals surface area contributed by atoms with Gasteiger partial charge in [0, 0.05) is 19.4 Å². The molecule has 0 radical (unpaired) electrons. The van der Waals surface area contributed by atoms with E-state index in [0.29, 0.717) is 6.54 Å². The molecular weight excluding hydrogens is 140 g/mol. The lowest BCUT2D eigenvalue weighted by molar-refractivity contribution is -0.119. The van der Waals surface area contributed by atoms with Gasteiger partial charge in [-0.05, 0) is 5.92 Å². The second-order valence-electron chi connectivity index (χ2n) is 2.50. The van der Waals surface area contributed by atoms with E-state index in [9.17, 15) is 13.6 Å². The van der Waals surface area contributed by atoms with Gasteiger partial charge in [-0.25, -0.2) is 8.78 Å². The third-order valence-corrected chi connectivity index (χ3v) is 1.57. The topological polar surface area (TPSA) is 29.1 Å².